The van der Waals surface area contributed by atoms with E-state index >= 15 is 0 Å². The van der Waals surface area contributed by atoms with Crippen LogP contribution in [0.25, 0.3) is 0 Å². The molecule has 0 aliphatic carbocycles. The molecule has 1 aromatic rings. The number of benzene rings is 1. The van der Waals surface area contributed by atoms with Crippen molar-refractivity contribution in [3.8, 4) is 11.5 Å². The summed E-state index contributed by atoms with van der Waals surface area (Å²) in [4.78, 5) is 4.11. The van der Waals surface area contributed by atoms with Gasteiger partial charge in [-0.15, -0.1) is 0 Å². The summed E-state index contributed by atoms with van der Waals surface area (Å²) in [6.45, 7) is 0.626. The van der Waals surface area contributed by atoms with E-state index in [0.717, 1.165) is 0 Å². The van der Waals surface area contributed by atoms with Crippen LogP contribution in [0.2, 0.25) is 0 Å². The normalized spacial score (nSPS) is 11.8. The molecule has 0 bridgehead atoms. The second kappa shape index (κ2) is 10.6. The number of hydrogen-bond donors (Lipinski definition) is 2. The summed E-state index contributed by atoms with van der Waals surface area (Å²) < 4.78 is 59.6. The van der Waals surface area contributed by atoms with E-state index in [4.69, 9.17) is 4.74 Å². The molecule has 0 heterocycles. The topological polar surface area (TPSA) is 54.9 Å². The summed E-state index contributed by atoms with van der Waals surface area (Å²) in [5.74, 6) is 0.224. The highest BCUT2D eigenvalue weighted by Gasteiger charge is 2.15. The lowest BCUT2D eigenvalue weighted by molar-refractivity contribution is -0.0520. The molecule has 0 spiro atoms. The molecule has 0 saturated carbocycles. The van der Waals surface area contributed by atoms with Gasteiger partial charge in [-0.3, -0.25) is 0 Å². The lowest BCUT2D eigenvalue weighted by Gasteiger charge is -2.15. The molecule has 0 aromatic heterocycles. The number of guanidine groups is 1. The molecule has 1 rings (SSSR count). The van der Waals surface area contributed by atoms with Gasteiger partial charge in [-0.1, -0.05) is 12.1 Å². The summed E-state index contributed by atoms with van der Waals surface area (Å²) >= 11 is 0. The first-order chi connectivity index (χ1) is 11.5. The smallest absolute Gasteiger partial charge is 0.387 e. The quantitative estimate of drug-likeness (QED) is 0.408. The van der Waals surface area contributed by atoms with E-state index in [1.165, 1.54) is 6.07 Å². The van der Waals surface area contributed by atoms with E-state index in [2.05, 4.69) is 20.4 Å². The van der Waals surface area contributed by atoms with Crippen molar-refractivity contribution in [2.75, 3.05) is 19.7 Å². The molecule has 0 saturated heterocycles. The number of alkyl halides is 4. The average molecular weight is 351 g/mol. The van der Waals surface area contributed by atoms with E-state index < -0.39 is 19.6 Å². The molecular formula is C15H21F4N3O2. The van der Waals surface area contributed by atoms with Crippen molar-refractivity contribution in [3.05, 3.63) is 23.8 Å². The Kier molecular flexibility index (Phi) is 8.74. The number of para-hydroxylation sites is 1. The minimum atomic E-state index is -3.01. The molecule has 0 amide bonds. The van der Waals surface area contributed by atoms with Crippen LogP contribution in [-0.2, 0) is 6.54 Å². The summed E-state index contributed by atoms with van der Waals surface area (Å²) in [6, 6.07) is 4.68. The molecular weight excluding hydrogens is 330 g/mol. The van der Waals surface area contributed by atoms with Crippen molar-refractivity contribution in [1.29, 1.82) is 0 Å². The third kappa shape index (κ3) is 6.93. The first kappa shape index (κ1) is 19.9. The van der Waals surface area contributed by atoms with Crippen LogP contribution in [0.5, 0.6) is 11.5 Å². The molecule has 136 valence electrons. The Morgan fingerprint density at radius 2 is 1.92 bits per heavy atom. The first-order valence-electron chi connectivity index (χ1n) is 7.47. The van der Waals surface area contributed by atoms with Gasteiger partial charge in [-0.05, 0) is 19.9 Å². The monoisotopic (exact) mass is 351 g/mol. The lowest BCUT2D eigenvalue weighted by atomic mass is 10.2. The van der Waals surface area contributed by atoms with Crippen LogP contribution in [0, 0.1) is 0 Å². The maximum absolute atomic E-state index is 12.6. The van der Waals surface area contributed by atoms with Crippen LogP contribution in [0.1, 0.15) is 19.4 Å². The molecule has 0 atom stereocenters. The minimum Gasteiger partial charge on any atom is -0.490 e. The highest BCUT2D eigenvalue weighted by atomic mass is 19.3. The fraction of sp³-hybridized carbons (Fsp3) is 0.533. The predicted molar refractivity (Wildman–Crippen MR) is 83.1 cm³/mol. The third-order valence-corrected chi connectivity index (χ3v) is 2.74. The Balaban J connectivity index is 2.97. The van der Waals surface area contributed by atoms with Crippen LogP contribution < -0.4 is 20.1 Å². The molecule has 0 fully saturated rings. The van der Waals surface area contributed by atoms with E-state index in [1.807, 2.05) is 0 Å². The average Bonchev–Trinajstić information content (AvgIpc) is 2.52. The van der Waals surface area contributed by atoms with Gasteiger partial charge in [0.25, 0.3) is 6.43 Å². The minimum absolute atomic E-state index is 0.0401. The molecule has 1 aromatic carbocycles. The molecule has 0 unspecified atom stereocenters. The van der Waals surface area contributed by atoms with Gasteiger partial charge in [-0.25, -0.2) is 13.8 Å². The summed E-state index contributed by atoms with van der Waals surface area (Å²) in [5, 5.41) is 5.25. The van der Waals surface area contributed by atoms with Crippen molar-refractivity contribution in [2.45, 2.75) is 33.4 Å². The van der Waals surface area contributed by atoms with Gasteiger partial charge >= 0.3 is 6.61 Å². The van der Waals surface area contributed by atoms with E-state index in [-0.39, 0.29) is 30.6 Å². The van der Waals surface area contributed by atoms with Gasteiger partial charge in [-0.2, -0.15) is 8.78 Å². The highest BCUT2D eigenvalue weighted by Crippen LogP contribution is 2.33. The number of ether oxygens (including phenoxy) is 2. The fourth-order valence-corrected chi connectivity index (χ4v) is 1.86. The van der Waals surface area contributed by atoms with Crippen molar-refractivity contribution < 1.29 is 27.0 Å². The molecule has 0 radical (unpaired) electrons. The predicted octanol–water partition coefficient (Wildman–Crippen LogP) is 3.01. The first-order valence-corrected chi connectivity index (χ1v) is 7.47. The van der Waals surface area contributed by atoms with E-state index in [9.17, 15) is 17.6 Å². The highest BCUT2D eigenvalue weighted by molar-refractivity contribution is 5.79. The number of hydrogen-bond acceptors (Lipinski definition) is 3. The Bertz CT molecular complexity index is 527. The third-order valence-electron chi connectivity index (χ3n) is 2.74. The molecule has 2 N–H and O–H groups in total. The summed E-state index contributed by atoms with van der Waals surface area (Å²) in [6.07, 6.45) is -2.53. The van der Waals surface area contributed by atoms with Crippen LogP contribution in [-0.4, -0.2) is 38.7 Å². The van der Waals surface area contributed by atoms with Crippen molar-refractivity contribution in [3.63, 3.8) is 0 Å². The van der Waals surface area contributed by atoms with Gasteiger partial charge in [0, 0.05) is 12.1 Å². The fourth-order valence-electron chi connectivity index (χ4n) is 1.86. The maximum atomic E-state index is 12.6. The van der Waals surface area contributed by atoms with E-state index in [1.54, 1.807) is 26.0 Å². The number of halogens is 4. The lowest BCUT2D eigenvalue weighted by Crippen LogP contribution is -2.39. The Labute approximate surface area is 138 Å². The second-order valence-corrected chi connectivity index (χ2v) is 4.52. The molecule has 9 heteroatoms. The number of nitrogens with zero attached hydrogens (tertiary/aromatic N) is 1. The molecule has 5 nitrogen and oxygen atoms in total. The Morgan fingerprint density at radius 1 is 1.17 bits per heavy atom. The second-order valence-electron chi connectivity index (χ2n) is 4.52. The van der Waals surface area contributed by atoms with Gasteiger partial charge in [0.1, 0.15) is 0 Å². The molecule has 24 heavy (non-hydrogen) atoms. The summed E-state index contributed by atoms with van der Waals surface area (Å²) in [5.41, 5.74) is 0.357. The standard InChI is InChI=1S/C15H21F4N3O2/c1-3-20-15(22-9-12(16)17)21-8-10-6-5-7-11(23-4-2)13(10)24-14(18)19/h5-7,12,14H,3-4,8-9H2,1-2H3,(H2,20,21,22). The SMILES string of the molecule is CCNC(=NCc1cccc(OCC)c1OC(F)F)NCC(F)F. The van der Waals surface area contributed by atoms with Gasteiger partial charge in [0.2, 0.25) is 0 Å². The van der Waals surface area contributed by atoms with Crippen LogP contribution >= 0.6 is 0 Å². The number of aliphatic imine (C=N–C) groups is 1. The zero-order valence-corrected chi connectivity index (χ0v) is 13.5. The number of nitrogens with one attached hydrogen (secondary N) is 2. The van der Waals surface area contributed by atoms with Crippen LogP contribution in [0.4, 0.5) is 17.6 Å². The van der Waals surface area contributed by atoms with Gasteiger partial charge in [0.15, 0.2) is 17.5 Å². The maximum Gasteiger partial charge on any atom is 0.387 e. The zero-order chi connectivity index (χ0) is 17.9. The Morgan fingerprint density at radius 3 is 2.50 bits per heavy atom. The zero-order valence-electron chi connectivity index (χ0n) is 13.5. The largest absolute Gasteiger partial charge is 0.490 e. The van der Waals surface area contributed by atoms with Crippen molar-refractivity contribution in [1.82, 2.24) is 10.6 Å². The van der Waals surface area contributed by atoms with Crippen LogP contribution in [0.15, 0.2) is 23.2 Å². The van der Waals surface area contributed by atoms with Crippen LogP contribution in [0.3, 0.4) is 0 Å². The van der Waals surface area contributed by atoms with Crippen molar-refractivity contribution >= 4 is 5.96 Å². The van der Waals surface area contributed by atoms with Gasteiger partial charge < -0.3 is 20.1 Å². The molecule has 0 aliphatic heterocycles. The van der Waals surface area contributed by atoms with Crippen molar-refractivity contribution in [2.24, 2.45) is 4.99 Å². The molecule has 0 aliphatic rings. The van der Waals surface area contributed by atoms with Gasteiger partial charge in [0.05, 0.1) is 19.7 Å². The van der Waals surface area contributed by atoms with E-state index in [0.29, 0.717) is 12.1 Å². The summed E-state index contributed by atoms with van der Waals surface area (Å²) in [7, 11) is 0. The Hall–Kier alpha value is -2.19. The number of rotatable bonds is 9.